The molecule has 0 amide bonds. The number of halogens is 1. The second-order valence-corrected chi connectivity index (χ2v) is 6.51. The summed E-state index contributed by atoms with van der Waals surface area (Å²) in [7, 11) is 0. The lowest BCUT2D eigenvalue weighted by atomic mass is 10.1. The summed E-state index contributed by atoms with van der Waals surface area (Å²) >= 11 is 2.35. The van der Waals surface area contributed by atoms with Gasteiger partial charge in [0.1, 0.15) is 0 Å². The Morgan fingerprint density at radius 1 is 0.714 bits per heavy atom. The van der Waals surface area contributed by atoms with E-state index in [0.717, 1.165) is 0 Å². The van der Waals surface area contributed by atoms with Gasteiger partial charge >= 0.3 is 0 Å². The quantitative estimate of drug-likeness (QED) is 0.579. The largest absolute Gasteiger partial charge is 0.374 e. The van der Waals surface area contributed by atoms with E-state index in [1.54, 1.807) is 0 Å². The summed E-state index contributed by atoms with van der Waals surface area (Å²) in [5.41, 5.74) is 6.57. The molecule has 0 aromatic heterocycles. The highest BCUT2D eigenvalue weighted by Gasteiger charge is 2.27. The van der Waals surface area contributed by atoms with Crippen molar-refractivity contribution in [2.24, 2.45) is 0 Å². The number of hydrogen-bond donors (Lipinski definition) is 1. The van der Waals surface area contributed by atoms with Crippen molar-refractivity contribution in [3.63, 3.8) is 0 Å². The number of rotatable bonds is 2. The molecule has 0 bridgehead atoms. The van der Waals surface area contributed by atoms with E-state index in [4.69, 9.17) is 0 Å². The Bertz CT molecular complexity index is 764. The van der Waals surface area contributed by atoms with E-state index in [0.29, 0.717) is 0 Å². The Balaban J connectivity index is 1.82. The normalized spacial score (nSPS) is 12.8. The molecule has 21 heavy (non-hydrogen) atoms. The van der Waals surface area contributed by atoms with Crippen LogP contribution < -0.4 is 5.32 Å². The van der Waals surface area contributed by atoms with Gasteiger partial charge in [-0.1, -0.05) is 54.6 Å². The highest BCUT2D eigenvalue weighted by molar-refractivity contribution is 14.1. The summed E-state index contributed by atoms with van der Waals surface area (Å²) in [6, 6.07) is 26.1. The molecule has 0 fully saturated rings. The molecule has 0 saturated heterocycles. The number of benzene rings is 3. The maximum atomic E-state index is 3.69. The van der Waals surface area contributed by atoms with Gasteiger partial charge < -0.3 is 5.32 Å². The number of anilines is 1. The molecule has 0 heterocycles. The molecule has 3 aromatic rings. The zero-order chi connectivity index (χ0) is 14.2. The second-order valence-electron chi connectivity index (χ2n) is 5.26. The van der Waals surface area contributed by atoms with Gasteiger partial charge in [-0.25, -0.2) is 0 Å². The maximum absolute atomic E-state index is 3.69. The molecule has 0 saturated carbocycles. The first kappa shape index (κ1) is 12.9. The molecule has 1 N–H and O–H groups in total. The molecule has 2 heteroatoms. The fourth-order valence-electron chi connectivity index (χ4n) is 3.06. The molecule has 0 unspecified atom stereocenters. The lowest BCUT2D eigenvalue weighted by molar-refractivity contribution is 0.973. The SMILES string of the molecule is Ic1cccc(NC2c3ccccc3-c3ccccc32)c1. The summed E-state index contributed by atoms with van der Waals surface area (Å²) in [6.07, 6.45) is 0. The van der Waals surface area contributed by atoms with Crippen LogP contribution in [0.4, 0.5) is 5.69 Å². The van der Waals surface area contributed by atoms with Crippen LogP contribution in [-0.2, 0) is 0 Å². The van der Waals surface area contributed by atoms with Crippen LogP contribution in [0, 0.1) is 3.57 Å². The number of hydrogen-bond acceptors (Lipinski definition) is 1. The van der Waals surface area contributed by atoms with Gasteiger partial charge in [0.25, 0.3) is 0 Å². The lowest BCUT2D eigenvalue weighted by Gasteiger charge is -2.17. The van der Waals surface area contributed by atoms with Gasteiger partial charge in [-0.05, 0) is 63.0 Å². The van der Waals surface area contributed by atoms with Crippen LogP contribution in [0.5, 0.6) is 0 Å². The Morgan fingerprint density at radius 3 is 1.95 bits per heavy atom. The van der Waals surface area contributed by atoms with Crippen LogP contribution in [0.25, 0.3) is 11.1 Å². The minimum atomic E-state index is 0.232. The zero-order valence-electron chi connectivity index (χ0n) is 11.4. The molecule has 3 aromatic carbocycles. The highest BCUT2D eigenvalue weighted by atomic mass is 127. The van der Waals surface area contributed by atoms with Crippen LogP contribution in [-0.4, -0.2) is 0 Å². The molecule has 102 valence electrons. The Hall–Kier alpha value is -1.81. The number of fused-ring (bicyclic) bond motifs is 3. The predicted molar refractivity (Wildman–Crippen MR) is 96.5 cm³/mol. The first-order valence-electron chi connectivity index (χ1n) is 7.03. The summed E-state index contributed by atoms with van der Waals surface area (Å²) < 4.78 is 1.25. The fourth-order valence-corrected chi connectivity index (χ4v) is 3.60. The van der Waals surface area contributed by atoms with Crippen molar-refractivity contribution in [2.45, 2.75) is 6.04 Å². The maximum Gasteiger partial charge on any atom is 0.0779 e. The molecule has 1 aliphatic rings. The van der Waals surface area contributed by atoms with Crippen LogP contribution in [0.15, 0.2) is 72.8 Å². The zero-order valence-corrected chi connectivity index (χ0v) is 13.5. The third-order valence-corrected chi connectivity index (χ3v) is 4.64. The monoisotopic (exact) mass is 383 g/mol. The molecule has 0 aliphatic heterocycles. The average molecular weight is 383 g/mol. The van der Waals surface area contributed by atoms with E-state index in [9.17, 15) is 0 Å². The topological polar surface area (TPSA) is 12.0 Å². The smallest absolute Gasteiger partial charge is 0.0779 e. The van der Waals surface area contributed by atoms with Crippen molar-refractivity contribution in [2.75, 3.05) is 5.32 Å². The first-order chi connectivity index (χ1) is 10.3. The van der Waals surface area contributed by atoms with Crippen molar-refractivity contribution < 1.29 is 0 Å². The van der Waals surface area contributed by atoms with Gasteiger partial charge in [-0.3, -0.25) is 0 Å². The van der Waals surface area contributed by atoms with Gasteiger partial charge in [0.15, 0.2) is 0 Å². The van der Waals surface area contributed by atoms with Gasteiger partial charge in [0.05, 0.1) is 6.04 Å². The second kappa shape index (κ2) is 5.19. The van der Waals surface area contributed by atoms with Crippen LogP contribution in [0.2, 0.25) is 0 Å². The minimum Gasteiger partial charge on any atom is -0.374 e. The Kier molecular flexibility index (Phi) is 3.19. The fraction of sp³-hybridized carbons (Fsp3) is 0.0526. The molecule has 0 radical (unpaired) electrons. The minimum absolute atomic E-state index is 0.232. The van der Waals surface area contributed by atoms with Gasteiger partial charge in [0, 0.05) is 9.26 Å². The molecular formula is C19H14IN. The van der Waals surface area contributed by atoms with E-state index >= 15 is 0 Å². The predicted octanol–water partition coefficient (Wildman–Crippen LogP) is 5.47. The van der Waals surface area contributed by atoms with Crippen LogP contribution in [0.3, 0.4) is 0 Å². The van der Waals surface area contributed by atoms with Crippen molar-refractivity contribution in [1.29, 1.82) is 0 Å². The lowest BCUT2D eigenvalue weighted by Crippen LogP contribution is -2.09. The third kappa shape index (κ3) is 2.23. The van der Waals surface area contributed by atoms with Crippen molar-refractivity contribution in [3.05, 3.63) is 87.5 Å². The summed E-state index contributed by atoms with van der Waals surface area (Å²) in [6.45, 7) is 0. The standard InChI is InChI=1S/C19H14IN/c20-13-6-5-7-14(12-13)21-19-17-10-3-1-8-15(17)16-9-2-4-11-18(16)19/h1-12,19,21H. The average Bonchev–Trinajstić information content (AvgIpc) is 2.83. The van der Waals surface area contributed by atoms with Crippen LogP contribution >= 0.6 is 22.6 Å². The van der Waals surface area contributed by atoms with Gasteiger partial charge in [-0.15, -0.1) is 0 Å². The van der Waals surface area contributed by atoms with Crippen molar-refractivity contribution in [3.8, 4) is 11.1 Å². The molecule has 0 atom stereocenters. The third-order valence-electron chi connectivity index (χ3n) is 3.97. The molecule has 4 rings (SSSR count). The van der Waals surface area contributed by atoms with Gasteiger partial charge in [0.2, 0.25) is 0 Å². The van der Waals surface area contributed by atoms with Crippen LogP contribution in [0.1, 0.15) is 17.2 Å². The molecular weight excluding hydrogens is 369 g/mol. The summed E-state index contributed by atoms with van der Waals surface area (Å²) in [4.78, 5) is 0. The summed E-state index contributed by atoms with van der Waals surface area (Å²) in [5.74, 6) is 0. The van der Waals surface area contributed by atoms with E-state index < -0.39 is 0 Å². The van der Waals surface area contributed by atoms with E-state index in [2.05, 4.69) is 101 Å². The van der Waals surface area contributed by atoms with Crippen molar-refractivity contribution in [1.82, 2.24) is 0 Å². The van der Waals surface area contributed by atoms with Crippen molar-refractivity contribution >= 4 is 28.3 Å². The number of nitrogens with one attached hydrogen (secondary N) is 1. The van der Waals surface area contributed by atoms with E-state index in [1.165, 1.54) is 31.5 Å². The van der Waals surface area contributed by atoms with E-state index in [-0.39, 0.29) is 6.04 Å². The van der Waals surface area contributed by atoms with E-state index in [1.807, 2.05) is 0 Å². The van der Waals surface area contributed by atoms with Gasteiger partial charge in [-0.2, -0.15) is 0 Å². The summed E-state index contributed by atoms with van der Waals surface area (Å²) in [5, 5.41) is 3.69. The Morgan fingerprint density at radius 2 is 1.33 bits per heavy atom. The molecule has 1 nitrogen and oxygen atoms in total. The first-order valence-corrected chi connectivity index (χ1v) is 8.11. The Labute approximate surface area is 138 Å². The molecule has 0 spiro atoms. The highest BCUT2D eigenvalue weighted by Crippen LogP contribution is 2.44. The molecule has 1 aliphatic carbocycles.